The van der Waals surface area contributed by atoms with E-state index in [0.29, 0.717) is 21.9 Å². The molecule has 4 aromatic rings. The molecule has 1 aliphatic rings. The molecule has 3 N–H and O–H groups in total. The van der Waals surface area contributed by atoms with Crippen LogP contribution in [0.4, 0.5) is 5.95 Å². The van der Waals surface area contributed by atoms with Crippen LogP contribution < -0.4 is 15.5 Å². The summed E-state index contributed by atoms with van der Waals surface area (Å²) in [4.78, 5) is 43.1. The quantitative estimate of drug-likeness (QED) is 0.280. The fourth-order valence-corrected chi connectivity index (χ4v) is 6.71. The molecule has 0 bridgehead atoms. The molecule has 0 aliphatic carbocycles. The molecular formula is C27H29ClN8O4S. The zero-order valence-corrected chi connectivity index (χ0v) is 24.0. The minimum Gasteiger partial charge on any atom is -0.359 e. The lowest BCUT2D eigenvalue weighted by atomic mass is 10.0. The van der Waals surface area contributed by atoms with E-state index in [9.17, 15) is 18.0 Å². The van der Waals surface area contributed by atoms with Gasteiger partial charge in [0.2, 0.25) is 17.8 Å². The van der Waals surface area contributed by atoms with Gasteiger partial charge in [0.25, 0.3) is 10.0 Å². The Morgan fingerprint density at radius 3 is 2.15 bits per heavy atom. The number of amides is 2. The van der Waals surface area contributed by atoms with E-state index < -0.39 is 22.1 Å². The molecule has 1 fully saturated rings. The predicted octanol–water partition coefficient (Wildman–Crippen LogP) is 2.19. The van der Waals surface area contributed by atoms with Gasteiger partial charge in [0.1, 0.15) is 5.03 Å². The van der Waals surface area contributed by atoms with Gasteiger partial charge in [-0.3, -0.25) is 14.6 Å². The molecule has 1 aliphatic heterocycles. The second kappa shape index (κ2) is 11.8. The summed E-state index contributed by atoms with van der Waals surface area (Å²) in [6.45, 7) is -0.0445. The van der Waals surface area contributed by atoms with E-state index >= 15 is 0 Å². The number of nitrogens with zero attached hydrogens (tertiary/aromatic N) is 5. The second-order valence-electron chi connectivity index (χ2n) is 9.66. The SMILES string of the molecule is CNC(=O)CC1CN(S(=O)(=O)c2cc3cc(Cl)ccc3[nH]2)CC(CC(=O)NC)N1c1ncc(-c2ccncc2)cn1. The van der Waals surface area contributed by atoms with Gasteiger partial charge in [-0.15, -0.1) is 0 Å². The number of piperazine rings is 1. The summed E-state index contributed by atoms with van der Waals surface area (Å²) in [6.07, 6.45) is 6.58. The first-order valence-electron chi connectivity index (χ1n) is 12.9. The molecule has 0 radical (unpaired) electrons. The molecule has 0 saturated carbocycles. The Hall–Kier alpha value is -4.07. The molecule has 5 rings (SSSR count). The second-order valence-corrected chi connectivity index (χ2v) is 12.0. The number of aromatic nitrogens is 4. The summed E-state index contributed by atoms with van der Waals surface area (Å²) in [5.41, 5.74) is 2.27. The normalized spacial score (nSPS) is 17.9. The highest BCUT2D eigenvalue weighted by molar-refractivity contribution is 7.89. The van der Waals surface area contributed by atoms with Crippen LogP contribution in [0, 0.1) is 0 Å². The Balaban J connectivity index is 1.52. The molecule has 2 amide bonds. The van der Waals surface area contributed by atoms with Gasteiger partial charge in [0, 0.05) is 86.3 Å². The lowest BCUT2D eigenvalue weighted by Gasteiger charge is -2.45. The smallest absolute Gasteiger partial charge is 0.258 e. The highest BCUT2D eigenvalue weighted by Crippen LogP contribution is 2.31. The minimum atomic E-state index is -4.04. The fourth-order valence-electron chi connectivity index (χ4n) is 5.00. The van der Waals surface area contributed by atoms with E-state index in [-0.39, 0.29) is 42.8 Å². The molecule has 214 valence electrons. The van der Waals surface area contributed by atoms with Crippen molar-refractivity contribution >= 4 is 50.3 Å². The monoisotopic (exact) mass is 596 g/mol. The maximum Gasteiger partial charge on any atom is 0.258 e. The molecule has 3 aromatic heterocycles. The number of fused-ring (bicyclic) bond motifs is 1. The number of carbonyl (C=O) groups excluding carboxylic acids is 2. The lowest BCUT2D eigenvalue weighted by Crippen LogP contribution is -2.62. The summed E-state index contributed by atoms with van der Waals surface area (Å²) in [5, 5.41) is 6.36. The van der Waals surface area contributed by atoms with E-state index in [0.717, 1.165) is 11.1 Å². The van der Waals surface area contributed by atoms with Crippen LogP contribution in [-0.2, 0) is 19.6 Å². The number of pyridine rings is 1. The van der Waals surface area contributed by atoms with Crippen molar-refractivity contribution in [2.24, 2.45) is 0 Å². The highest BCUT2D eigenvalue weighted by Gasteiger charge is 2.42. The average molecular weight is 597 g/mol. The first kappa shape index (κ1) is 28.5. The number of carbonyl (C=O) groups is 2. The predicted molar refractivity (Wildman–Crippen MR) is 155 cm³/mol. The van der Waals surface area contributed by atoms with Crippen LogP contribution in [0.2, 0.25) is 5.02 Å². The van der Waals surface area contributed by atoms with Gasteiger partial charge in [-0.05, 0) is 42.0 Å². The zero-order chi connectivity index (χ0) is 29.1. The Morgan fingerprint density at radius 2 is 1.56 bits per heavy atom. The van der Waals surface area contributed by atoms with Gasteiger partial charge in [0.05, 0.1) is 12.1 Å². The van der Waals surface area contributed by atoms with E-state index in [2.05, 4.69) is 30.6 Å². The Labute approximate surface area is 242 Å². The van der Waals surface area contributed by atoms with Gasteiger partial charge < -0.3 is 20.5 Å². The fraction of sp³-hybridized carbons (Fsp3) is 0.296. The summed E-state index contributed by atoms with van der Waals surface area (Å²) >= 11 is 6.10. The van der Waals surface area contributed by atoms with Gasteiger partial charge in [0.15, 0.2) is 0 Å². The van der Waals surface area contributed by atoms with Crippen molar-refractivity contribution in [2.45, 2.75) is 30.0 Å². The number of halogens is 1. The Morgan fingerprint density at radius 1 is 0.951 bits per heavy atom. The van der Waals surface area contributed by atoms with Crippen molar-refractivity contribution in [2.75, 3.05) is 32.1 Å². The summed E-state index contributed by atoms with van der Waals surface area (Å²) < 4.78 is 29.1. The van der Waals surface area contributed by atoms with Crippen LogP contribution in [0.25, 0.3) is 22.0 Å². The van der Waals surface area contributed by atoms with Crippen LogP contribution >= 0.6 is 11.6 Å². The third kappa shape index (κ3) is 6.01. The number of hydrogen-bond donors (Lipinski definition) is 3. The number of rotatable bonds is 8. The van der Waals surface area contributed by atoms with Crippen molar-refractivity contribution in [1.82, 2.24) is 34.9 Å². The molecular weight excluding hydrogens is 568 g/mol. The first-order valence-corrected chi connectivity index (χ1v) is 14.7. The Kier molecular flexibility index (Phi) is 8.20. The number of sulfonamides is 1. The number of hydrogen-bond acceptors (Lipinski definition) is 8. The van der Waals surface area contributed by atoms with Gasteiger partial charge in [-0.2, -0.15) is 4.31 Å². The lowest BCUT2D eigenvalue weighted by molar-refractivity contribution is -0.121. The molecule has 1 aromatic carbocycles. The third-order valence-electron chi connectivity index (χ3n) is 7.07. The van der Waals surface area contributed by atoms with Gasteiger partial charge in [-0.1, -0.05) is 11.6 Å². The van der Waals surface area contributed by atoms with Crippen molar-refractivity contribution in [3.05, 3.63) is 66.2 Å². The maximum atomic E-state index is 13.9. The zero-order valence-electron chi connectivity index (χ0n) is 22.4. The third-order valence-corrected chi connectivity index (χ3v) is 9.06. The molecule has 14 heteroatoms. The number of nitrogens with one attached hydrogen (secondary N) is 3. The molecule has 2 atom stereocenters. The average Bonchev–Trinajstić information content (AvgIpc) is 3.41. The summed E-state index contributed by atoms with van der Waals surface area (Å²) in [7, 11) is -1.01. The molecule has 41 heavy (non-hydrogen) atoms. The molecule has 2 unspecified atom stereocenters. The minimum absolute atomic E-state index is 0.00134. The van der Waals surface area contributed by atoms with Gasteiger partial charge in [-0.25, -0.2) is 18.4 Å². The molecule has 4 heterocycles. The van der Waals surface area contributed by atoms with Crippen LogP contribution in [0.5, 0.6) is 0 Å². The van der Waals surface area contributed by atoms with Crippen LogP contribution in [0.1, 0.15) is 12.8 Å². The van der Waals surface area contributed by atoms with E-state index in [1.807, 2.05) is 12.1 Å². The largest absolute Gasteiger partial charge is 0.359 e. The van der Waals surface area contributed by atoms with Crippen LogP contribution in [0.3, 0.4) is 0 Å². The highest BCUT2D eigenvalue weighted by atomic mass is 35.5. The van der Waals surface area contributed by atoms with Crippen molar-refractivity contribution in [1.29, 1.82) is 0 Å². The van der Waals surface area contributed by atoms with Crippen LogP contribution in [-0.4, -0.2) is 83.7 Å². The van der Waals surface area contributed by atoms with Gasteiger partial charge >= 0.3 is 0 Å². The number of aromatic amines is 1. The number of H-pyrrole nitrogens is 1. The van der Waals surface area contributed by atoms with Crippen molar-refractivity contribution < 1.29 is 18.0 Å². The van der Waals surface area contributed by atoms with Crippen LogP contribution in [0.15, 0.2) is 66.2 Å². The van der Waals surface area contributed by atoms with E-state index in [4.69, 9.17) is 11.6 Å². The van der Waals surface area contributed by atoms with E-state index in [1.54, 1.807) is 47.9 Å². The number of anilines is 1. The first-order chi connectivity index (χ1) is 19.7. The van der Waals surface area contributed by atoms with Crippen molar-refractivity contribution in [3.8, 4) is 11.1 Å². The number of benzene rings is 1. The van der Waals surface area contributed by atoms with Crippen molar-refractivity contribution in [3.63, 3.8) is 0 Å². The topological polar surface area (TPSA) is 153 Å². The maximum absolute atomic E-state index is 13.9. The molecule has 0 spiro atoms. The summed E-state index contributed by atoms with van der Waals surface area (Å²) in [6, 6.07) is 8.97. The molecule has 12 nitrogen and oxygen atoms in total. The standard InChI is InChI=1S/C27H29ClN8O4S/c1-29-24(37)11-21-15-35(41(39,40)26-10-18-9-20(28)3-4-23(18)34-26)16-22(12-25(38)30-2)36(21)27-32-13-19(14-33-27)17-5-7-31-8-6-17/h3-10,13-14,21-22,34H,11-12,15-16H2,1-2H3,(H,29,37)(H,30,38). The molecule has 1 saturated heterocycles. The summed E-state index contributed by atoms with van der Waals surface area (Å²) in [5.74, 6) is -0.277. The Bertz CT molecular complexity index is 1640. The van der Waals surface area contributed by atoms with E-state index in [1.165, 1.54) is 24.5 Å².